The quantitative estimate of drug-likeness (QED) is 0.908. The Balaban J connectivity index is 1.55. The summed E-state index contributed by atoms with van der Waals surface area (Å²) in [6, 6.07) is 11.3. The lowest BCUT2D eigenvalue weighted by atomic mass is 10.1. The lowest BCUT2D eigenvalue weighted by Crippen LogP contribution is -2.32. The molecule has 1 aromatic heterocycles. The molecule has 2 aromatic rings. The van der Waals surface area contributed by atoms with Crippen molar-refractivity contribution in [2.24, 2.45) is 0 Å². The monoisotopic (exact) mass is 336 g/mol. The van der Waals surface area contributed by atoms with E-state index in [2.05, 4.69) is 68.9 Å². The number of anilines is 1. The van der Waals surface area contributed by atoms with Gasteiger partial charge in [0.15, 0.2) is 0 Å². The van der Waals surface area contributed by atoms with Crippen molar-refractivity contribution in [3.63, 3.8) is 0 Å². The average molecular weight is 337 g/mol. The van der Waals surface area contributed by atoms with Crippen LogP contribution in [0.1, 0.15) is 11.1 Å². The van der Waals surface area contributed by atoms with Gasteiger partial charge in [0.1, 0.15) is 0 Å². The molecule has 2 nitrogen and oxygen atoms in total. The number of halogens is 1. The van der Waals surface area contributed by atoms with Crippen molar-refractivity contribution in [3.8, 4) is 0 Å². The maximum Gasteiger partial charge on any atom is 0.0701 e. The Bertz CT molecular complexity index is 542. The number of fused-ring (bicyclic) bond motifs is 1. The van der Waals surface area contributed by atoms with Gasteiger partial charge in [-0.3, -0.25) is 0 Å². The molecule has 1 unspecified atom stereocenters. The highest BCUT2D eigenvalue weighted by Gasteiger charge is 2.21. The van der Waals surface area contributed by atoms with E-state index >= 15 is 0 Å². The topological polar surface area (TPSA) is 15.3 Å². The second-order valence-electron chi connectivity index (χ2n) is 5.16. The Labute approximate surface area is 126 Å². The minimum atomic E-state index is 0.532. The number of benzene rings is 1. The van der Waals surface area contributed by atoms with Crippen LogP contribution in [0.25, 0.3) is 0 Å². The lowest BCUT2D eigenvalue weighted by molar-refractivity contribution is 0.313. The highest BCUT2D eigenvalue weighted by Crippen LogP contribution is 2.26. The summed E-state index contributed by atoms with van der Waals surface area (Å²) < 4.78 is 1.21. The first kappa shape index (κ1) is 13.2. The molecule has 0 amide bonds. The summed E-state index contributed by atoms with van der Waals surface area (Å²) >= 11 is 5.27. The lowest BCUT2D eigenvalue weighted by Gasteiger charge is -2.21. The zero-order valence-corrected chi connectivity index (χ0v) is 13.3. The zero-order chi connectivity index (χ0) is 13.2. The van der Waals surface area contributed by atoms with E-state index in [9.17, 15) is 0 Å². The van der Waals surface area contributed by atoms with Gasteiger partial charge < -0.3 is 10.2 Å². The summed E-state index contributed by atoms with van der Waals surface area (Å²) in [5.74, 6) is 0. The molecule has 2 heterocycles. The second-order valence-corrected chi connectivity index (χ2v) is 7.45. The summed E-state index contributed by atoms with van der Waals surface area (Å²) in [4.78, 5) is 2.39. The number of hydrogen-bond acceptors (Lipinski definition) is 3. The molecular weight excluding hydrogens is 320 g/mol. The molecule has 1 N–H and O–H groups in total. The Kier molecular flexibility index (Phi) is 3.91. The molecule has 1 atom stereocenters. The van der Waals surface area contributed by atoms with Gasteiger partial charge in [0.25, 0.3) is 0 Å². The van der Waals surface area contributed by atoms with Crippen LogP contribution in [-0.4, -0.2) is 24.5 Å². The fourth-order valence-corrected chi connectivity index (χ4v) is 3.87. The van der Waals surface area contributed by atoms with E-state index in [-0.39, 0.29) is 0 Å². The Morgan fingerprint density at radius 3 is 3.00 bits per heavy atom. The van der Waals surface area contributed by atoms with E-state index in [1.165, 1.54) is 20.6 Å². The Hall–Kier alpha value is -0.840. The third-order valence-corrected chi connectivity index (χ3v) is 5.00. The van der Waals surface area contributed by atoms with Gasteiger partial charge in [-0.2, -0.15) is 0 Å². The molecular formula is C15H17BrN2S. The maximum absolute atomic E-state index is 3.61. The van der Waals surface area contributed by atoms with Crippen LogP contribution in [0.3, 0.4) is 0 Å². The standard InChI is InChI=1S/C15H17BrN2S/c1-18(8-11-6-15(16)19-10-11)9-13-7-12-4-2-3-5-14(12)17-13/h2-6,10,13,17H,7-9H2,1H3. The van der Waals surface area contributed by atoms with Crippen LogP contribution in [0, 0.1) is 0 Å². The first-order valence-electron chi connectivity index (χ1n) is 6.46. The highest BCUT2D eigenvalue weighted by molar-refractivity contribution is 9.11. The second kappa shape index (κ2) is 5.65. The van der Waals surface area contributed by atoms with Crippen molar-refractivity contribution in [2.75, 3.05) is 18.9 Å². The minimum Gasteiger partial charge on any atom is -0.380 e. The normalized spacial score (nSPS) is 17.5. The Morgan fingerprint density at radius 1 is 1.42 bits per heavy atom. The molecule has 19 heavy (non-hydrogen) atoms. The van der Waals surface area contributed by atoms with Gasteiger partial charge in [-0.25, -0.2) is 0 Å². The summed E-state index contributed by atoms with van der Waals surface area (Å²) in [7, 11) is 2.19. The first-order chi connectivity index (χ1) is 9.20. The number of thiophene rings is 1. The van der Waals surface area contributed by atoms with Crippen LogP contribution in [-0.2, 0) is 13.0 Å². The van der Waals surface area contributed by atoms with E-state index < -0.39 is 0 Å². The van der Waals surface area contributed by atoms with Gasteiger partial charge in [0, 0.05) is 24.8 Å². The zero-order valence-electron chi connectivity index (χ0n) is 10.9. The molecule has 100 valence electrons. The Morgan fingerprint density at radius 2 is 2.26 bits per heavy atom. The molecule has 0 fully saturated rings. The average Bonchev–Trinajstić information content (AvgIpc) is 2.94. The van der Waals surface area contributed by atoms with Crippen molar-refractivity contribution in [1.29, 1.82) is 0 Å². The van der Waals surface area contributed by atoms with Gasteiger partial charge in [0.05, 0.1) is 3.79 Å². The number of rotatable bonds is 4. The summed E-state index contributed by atoms with van der Waals surface area (Å²) in [6.45, 7) is 2.08. The van der Waals surface area contributed by atoms with Crippen LogP contribution >= 0.6 is 27.3 Å². The predicted molar refractivity (Wildman–Crippen MR) is 85.9 cm³/mol. The first-order valence-corrected chi connectivity index (χ1v) is 8.14. The van der Waals surface area contributed by atoms with Crippen LogP contribution < -0.4 is 5.32 Å². The summed E-state index contributed by atoms with van der Waals surface area (Å²) in [6.07, 6.45) is 1.13. The number of likely N-dealkylation sites (N-methyl/N-ethyl adjacent to an activating group) is 1. The fraction of sp³-hybridized carbons (Fsp3) is 0.333. The van der Waals surface area contributed by atoms with E-state index in [1.54, 1.807) is 11.3 Å². The molecule has 4 heteroatoms. The van der Waals surface area contributed by atoms with Crippen molar-refractivity contribution in [2.45, 2.75) is 19.0 Å². The largest absolute Gasteiger partial charge is 0.380 e. The third kappa shape index (κ3) is 3.19. The number of hydrogen-bond donors (Lipinski definition) is 1. The van der Waals surface area contributed by atoms with Crippen molar-refractivity contribution in [3.05, 3.63) is 50.6 Å². The van der Waals surface area contributed by atoms with Crippen molar-refractivity contribution < 1.29 is 0 Å². The molecule has 0 aliphatic carbocycles. The summed E-state index contributed by atoms with van der Waals surface area (Å²) in [5, 5.41) is 5.83. The number of nitrogens with one attached hydrogen (secondary N) is 1. The molecule has 1 aromatic carbocycles. The minimum absolute atomic E-state index is 0.532. The number of para-hydroxylation sites is 1. The SMILES string of the molecule is CN(Cc1csc(Br)c1)CC1Cc2ccccc2N1. The van der Waals surface area contributed by atoms with Crippen LogP contribution in [0.2, 0.25) is 0 Å². The molecule has 0 saturated heterocycles. The molecule has 1 aliphatic heterocycles. The van der Waals surface area contributed by atoms with Crippen LogP contribution in [0.5, 0.6) is 0 Å². The summed E-state index contributed by atoms with van der Waals surface area (Å²) in [5.41, 5.74) is 4.13. The van der Waals surface area contributed by atoms with Gasteiger partial charge in [0.2, 0.25) is 0 Å². The van der Waals surface area contributed by atoms with Gasteiger partial charge in [-0.1, -0.05) is 18.2 Å². The predicted octanol–water partition coefficient (Wildman–Crippen LogP) is 3.98. The van der Waals surface area contributed by atoms with E-state index in [0.29, 0.717) is 6.04 Å². The van der Waals surface area contributed by atoms with Gasteiger partial charge in [-0.15, -0.1) is 11.3 Å². The number of nitrogens with zero attached hydrogens (tertiary/aromatic N) is 1. The molecule has 1 aliphatic rings. The molecule has 0 spiro atoms. The van der Waals surface area contributed by atoms with E-state index in [0.717, 1.165) is 19.5 Å². The van der Waals surface area contributed by atoms with E-state index in [1.807, 2.05) is 0 Å². The molecule has 0 radical (unpaired) electrons. The van der Waals surface area contributed by atoms with Crippen LogP contribution in [0.15, 0.2) is 39.5 Å². The maximum atomic E-state index is 3.61. The van der Waals surface area contributed by atoms with Crippen LogP contribution in [0.4, 0.5) is 5.69 Å². The highest BCUT2D eigenvalue weighted by atomic mass is 79.9. The van der Waals surface area contributed by atoms with Gasteiger partial charge >= 0.3 is 0 Å². The third-order valence-electron chi connectivity index (χ3n) is 3.45. The molecule has 0 saturated carbocycles. The van der Waals surface area contributed by atoms with Gasteiger partial charge in [-0.05, 0) is 58.0 Å². The van der Waals surface area contributed by atoms with E-state index in [4.69, 9.17) is 0 Å². The smallest absolute Gasteiger partial charge is 0.0701 e. The van der Waals surface area contributed by atoms with Crippen molar-refractivity contribution in [1.82, 2.24) is 4.90 Å². The molecule has 3 rings (SSSR count). The molecule has 0 bridgehead atoms. The fourth-order valence-electron chi connectivity index (χ4n) is 2.67. The van der Waals surface area contributed by atoms with Crippen molar-refractivity contribution >= 4 is 33.0 Å².